The molecule has 0 aliphatic rings. The van der Waals surface area contributed by atoms with Gasteiger partial charge >= 0.3 is 5.97 Å². The first kappa shape index (κ1) is 15.7. The lowest BCUT2D eigenvalue weighted by molar-refractivity contribution is 0.0459. The maximum atomic E-state index is 12.3. The molecule has 0 saturated heterocycles. The number of rotatable bonds is 3. The highest BCUT2D eigenvalue weighted by Crippen LogP contribution is 2.24. The topological polar surface area (TPSA) is 57.0 Å². The fourth-order valence-electron chi connectivity index (χ4n) is 2.21. The van der Waals surface area contributed by atoms with E-state index in [1.54, 1.807) is 17.8 Å². The van der Waals surface area contributed by atoms with Crippen molar-refractivity contribution in [3.8, 4) is 0 Å². The molecule has 0 aliphatic carbocycles. The van der Waals surface area contributed by atoms with Crippen molar-refractivity contribution in [2.24, 2.45) is 7.05 Å². The maximum absolute atomic E-state index is 12.3. The van der Waals surface area contributed by atoms with E-state index >= 15 is 0 Å². The molecule has 3 rings (SSSR count). The fraction of sp³-hybridized carbons (Fsp3) is 0.353. The van der Waals surface area contributed by atoms with Gasteiger partial charge in [-0.15, -0.1) is 11.3 Å². The zero-order valence-electron chi connectivity index (χ0n) is 13.7. The second-order valence-corrected chi connectivity index (χ2v) is 7.56. The average molecular weight is 329 g/mol. The van der Waals surface area contributed by atoms with Crippen LogP contribution in [0.25, 0.3) is 10.2 Å². The van der Waals surface area contributed by atoms with Gasteiger partial charge in [0.05, 0.1) is 15.9 Å². The van der Waals surface area contributed by atoms with Gasteiger partial charge in [-0.3, -0.25) is 4.68 Å². The summed E-state index contributed by atoms with van der Waals surface area (Å²) in [5.74, 6) is -0.380. The van der Waals surface area contributed by atoms with Crippen molar-refractivity contribution in [3.05, 3.63) is 46.7 Å². The maximum Gasteiger partial charge on any atom is 0.357 e. The Kier molecular flexibility index (Phi) is 3.93. The third kappa shape index (κ3) is 3.27. The van der Waals surface area contributed by atoms with E-state index in [0.29, 0.717) is 5.69 Å². The summed E-state index contributed by atoms with van der Waals surface area (Å²) in [5.41, 5.74) is 2.14. The highest BCUT2D eigenvalue weighted by Gasteiger charge is 2.22. The minimum Gasteiger partial charge on any atom is -0.454 e. The summed E-state index contributed by atoms with van der Waals surface area (Å²) in [6.45, 7) is 6.36. The molecule has 23 heavy (non-hydrogen) atoms. The first-order valence-electron chi connectivity index (χ1n) is 7.41. The number of thiazole rings is 1. The van der Waals surface area contributed by atoms with Crippen LogP contribution in [0.5, 0.6) is 0 Å². The van der Waals surface area contributed by atoms with Gasteiger partial charge in [-0.25, -0.2) is 9.78 Å². The summed E-state index contributed by atoms with van der Waals surface area (Å²) < 4.78 is 8.06. The van der Waals surface area contributed by atoms with Gasteiger partial charge in [-0.1, -0.05) is 32.9 Å². The van der Waals surface area contributed by atoms with Gasteiger partial charge in [0, 0.05) is 12.5 Å². The SMILES string of the molecule is Cn1nc(C(C)(C)C)cc1C(=O)OCc1nc2ccccc2s1. The van der Waals surface area contributed by atoms with E-state index in [2.05, 4.69) is 30.9 Å². The van der Waals surface area contributed by atoms with Crippen LogP contribution in [-0.2, 0) is 23.8 Å². The number of carbonyl (C=O) groups is 1. The second-order valence-electron chi connectivity index (χ2n) is 6.44. The van der Waals surface area contributed by atoms with Crippen LogP contribution in [0.3, 0.4) is 0 Å². The number of hydrogen-bond acceptors (Lipinski definition) is 5. The number of ether oxygens (including phenoxy) is 1. The molecule has 0 radical (unpaired) electrons. The molecule has 2 heterocycles. The Morgan fingerprint density at radius 3 is 2.70 bits per heavy atom. The van der Waals surface area contributed by atoms with Crippen molar-refractivity contribution >= 4 is 27.5 Å². The molecule has 0 N–H and O–H groups in total. The summed E-state index contributed by atoms with van der Waals surface area (Å²) in [6, 6.07) is 9.67. The molecule has 0 unspecified atom stereocenters. The van der Waals surface area contributed by atoms with E-state index in [0.717, 1.165) is 20.9 Å². The molecular formula is C17H19N3O2S. The zero-order chi connectivity index (χ0) is 16.6. The molecule has 120 valence electrons. The largest absolute Gasteiger partial charge is 0.454 e. The number of benzene rings is 1. The summed E-state index contributed by atoms with van der Waals surface area (Å²) in [7, 11) is 1.75. The number of carbonyl (C=O) groups excluding carboxylic acids is 1. The first-order valence-corrected chi connectivity index (χ1v) is 8.22. The number of para-hydroxylation sites is 1. The van der Waals surface area contributed by atoms with Gasteiger partial charge in [0.15, 0.2) is 0 Å². The predicted octanol–water partition coefficient (Wildman–Crippen LogP) is 3.68. The van der Waals surface area contributed by atoms with Crippen LogP contribution >= 0.6 is 11.3 Å². The van der Waals surface area contributed by atoms with Crippen LogP contribution < -0.4 is 0 Å². The summed E-state index contributed by atoms with van der Waals surface area (Å²) in [5, 5.41) is 5.19. The zero-order valence-corrected chi connectivity index (χ0v) is 14.5. The molecule has 0 atom stereocenters. The molecule has 6 heteroatoms. The Morgan fingerprint density at radius 2 is 2.04 bits per heavy atom. The number of aromatic nitrogens is 3. The van der Waals surface area contributed by atoms with Crippen LogP contribution in [-0.4, -0.2) is 20.7 Å². The third-order valence-electron chi connectivity index (χ3n) is 3.52. The summed E-state index contributed by atoms with van der Waals surface area (Å²) in [6.07, 6.45) is 0. The minimum absolute atomic E-state index is 0.108. The number of esters is 1. The summed E-state index contributed by atoms with van der Waals surface area (Å²) >= 11 is 1.54. The Bertz CT molecular complexity index is 825. The van der Waals surface area contributed by atoms with Crippen LogP contribution in [0.1, 0.15) is 42.0 Å². The van der Waals surface area contributed by atoms with Crippen molar-refractivity contribution in [1.29, 1.82) is 0 Å². The lowest BCUT2D eigenvalue weighted by Gasteiger charge is -2.13. The van der Waals surface area contributed by atoms with Crippen molar-refractivity contribution in [3.63, 3.8) is 0 Å². The van der Waals surface area contributed by atoms with Gasteiger partial charge in [-0.2, -0.15) is 5.10 Å². The molecule has 1 aromatic carbocycles. The number of nitrogens with zero attached hydrogens (tertiary/aromatic N) is 3. The van der Waals surface area contributed by atoms with E-state index in [-0.39, 0.29) is 18.0 Å². The molecule has 0 fully saturated rings. The van der Waals surface area contributed by atoms with E-state index in [1.165, 1.54) is 11.3 Å². The first-order chi connectivity index (χ1) is 10.8. The fourth-order valence-corrected chi connectivity index (χ4v) is 3.09. The number of fused-ring (bicyclic) bond motifs is 1. The molecule has 0 bridgehead atoms. The normalized spacial score (nSPS) is 11.8. The predicted molar refractivity (Wildman–Crippen MR) is 90.6 cm³/mol. The minimum atomic E-state index is -0.380. The van der Waals surface area contributed by atoms with Crippen molar-refractivity contribution < 1.29 is 9.53 Å². The smallest absolute Gasteiger partial charge is 0.357 e. The van der Waals surface area contributed by atoms with E-state index in [1.807, 2.05) is 24.3 Å². The Hall–Kier alpha value is -2.21. The van der Waals surface area contributed by atoms with Gasteiger partial charge < -0.3 is 4.74 Å². The molecule has 5 nitrogen and oxygen atoms in total. The van der Waals surface area contributed by atoms with E-state index < -0.39 is 0 Å². The Labute approximate surface area is 138 Å². The van der Waals surface area contributed by atoms with Crippen LogP contribution in [0, 0.1) is 0 Å². The number of hydrogen-bond donors (Lipinski definition) is 0. The molecule has 0 spiro atoms. The number of aryl methyl sites for hydroxylation is 1. The van der Waals surface area contributed by atoms with Crippen LogP contribution in [0.4, 0.5) is 0 Å². The Morgan fingerprint density at radius 1 is 1.30 bits per heavy atom. The van der Waals surface area contributed by atoms with E-state index in [4.69, 9.17) is 4.74 Å². The monoisotopic (exact) mass is 329 g/mol. The highest BCUT2D eigenvalue weighted by molar-refractivity contribution is 7.18. The van der Waals surface area contributed by atoms with Crippen molar-refractivity contribution in [2.75, 3.05) is 0 Å². The molecule has 0 amide bonds. The van der Waals surface area contributed by atoms with Crippen molar-refractivity contribution in [2.45, 2.75) is 32.8 Å². The molecule has 0 aliphatic heterocycles. The van der Waals surface area contributed by atoms with Gasteiger partial charge in [0.1, 0.15) is 17.3 Å². The molecule has 3 aromatic rings. The molecular weight excluding hydrogens is 310 g/mol. The average Bonchev–Trinajstić information content (AvgIpc) is 3.07. The summed E-state index contributed by atoms with van der Waals surface area (Å²) in [4.78, 5) is 16.8. The van der Waals surface area contributed by atoms with Gasteiger partial charge in [0.25, 0.3) is 0 Å². The quantitative estimate of drug-likeness (QED) is 0.688. The van der Waals surface area contributed by atoms with Gasteiger partial charge in [-0.05, 0) is 18.2 Å². The third-order valence-corrected chi connectivity index (χ3v) is 4.53. The highest BCUT2D eigenvalue weighted by atomic mass is 32.1. The van der Waals surface area contributed by atoms with Gasteiger partial charge in [0.2, 0.25) is 0 Å². The molecule has 2 aromatic heterocycles. The van der Waals surface area contributed by atoms with Crippen molar-refractivity contribution in [1.82, 2.24) is 14.8 Å². The standard InChI is InChI=1S/C17H19N3O2S/c1-17(2,3)14-9-12(20(4)19-14)16(21)22-10-15-18-11-7-5-6-8-13(11)23-15/h5-9H,10H2,1-4H3. The lowest BCUT2D eigenvalue weighted by Crippen LogP contribution is -2.12. The second kappa shape index (κ2) is 5.77. The van der Waals surface area contributed by atoms with Crippen LogP contribution in [0.15, 0.2) is 30.3 Å². The lowest BCUT2D eigenvalue weighted by atomic mass is 9.92. The Balaban J connectivity index is 1.73. The molecule has 0 saturated carbocycles. The van der Waals surface area contributed by atoms with E-state index in [9.17, 15) is 4.79 Å². The van der Waals surface area contributed by atoms with Crippen LogP contribution in [0.2, 0.25) is 0 Å².